The molecule has 136 valence electrons. The molecule has 0 spiro atoms. The summed E-state index contributed by atoms with van der Waals surface area (Å²) in [6.07, 6.45) is 4.25. The van der Waals surface area contributed by atoms with E-state index in [9.17, 15) is 4.79 Å². The van der Waals surface area contributed by atoms with Gasteiger partial charge in [-0.2, -0.15) is 0 Å². The number of hydrogen-bond donors (Lipinski definition) is 0. The number of hydrogen-bond acceptors (Lipinski definition) is 3. The Morgan fingerprint density at radius 1 is 1.32 bits per heavy atom. The van der Waals surface area contributed by atoms with Crippen molar-refractivity contribution in [3.63, 3.8) is 0 Å². The van der Waals surface area contributed by atoms with E-state index in [4.69, 9.17) is 4.74 Å². The minimum atomic E-state index is 0.129. The Hall–Kier alpha value is -1.85. The van der Waals surface area contributed by atoms with Gasteiger partial charge in [-0.3, -0.25) is 4.79 Å². The molecule has 1 atom stereocenters. The van der Waals surface area contributed by atoms with Gasteiger partial charge in [-0.15, -0.1) is 0 Å². The number of fused-ring (bicyclic) bond motifs is 1. The molecule has 1 fully saturated rings. The predicted octanol–water partition coefficient (Wildman–Crippen LogP) is 2.84. The topological polar surface area (TPSA) is 37.7 Å². The third kappa shape index (κ3) is 4.05. The molecule has 0 aliphatic carbocycles. The zero-order valence-corrected chi connectivity index (χ0v) is 15.6. The van der Waals surface area contributed by atoms with Crippen LogP contribution in [0.5, 0.6) is 0 Å². The maximum absolute atomic E-state index is 13.2. The van der Waals surface area contributed by atoms with E-state index >= 15 is 0 Å². The van der Waals surface area contributed by atoms with Crippen molar-refractivity contribution >= 4 is 16.8 Å². The molecule has 0 bridgehead atoms. The van der Waals surface area contributed by atoms with Gasteiger partial charge in [-0.1, -0.05) is 18.2 Å². The van der Waals surface area contributed by atoms with Gasteiger partial charge in [-0.25, -0.2) is 0 Å². The molecule has 0 radical (unpaired) electrons. The Morgan fingerprint density at radius 2 is 2.12 bits per heavy atom. The van der Waals surface area contributed by atoms with Crippen molar-refractivity contribution in [1.29, 1.82) is 0 Å². The fourth-order valence-corrected chi connectivity index (χ4v) is 3.57. The fraction of sp³-hybridized carbons (Fsp3) is 0.550. The quantitative estimate of drug-likeness (QED) is 0.809. The summed E-state index contributed by atoms with van der Waals surface area (Å²) in [6, 6.07) is 8.20. The zero-order chi connectivity index (χ0) is 17.8. The first-order chi connectivity index (χ1) is 12.1. The number of amides is 1. The van der Waals surface area contributed by atoms with Crippen molar-refractivity contribution in [2.24, 2.45) is 0 Å². The molecular weight excluding hydrogens is 314 g/mol. The molecule has 1 amide bonds. The molecule has 0 saturated carbocycles. The number of likely N-dealkylation sites (tertiary alicyclic amines) is 1. The number of carbonyl (C=O) groups excluding carboxylic acids is 1. The zero-order valence-electron chi connectivity index (χ0n) is 15.6. The molecule has 1 aromatic carbocycles. The maximum Gasteiger partial charge on any atom is 0.256 e. The number of para-hydroxylation sites is 1. The lowest BCUT2D eigenvalue weighted by Gasteiger charge is -2.32. The summed E-state index contributed by atoms with van der Waals surface area (Å²) in [5, 5.41) is 1.05. The first kappa shape index (κ1) is 18.0. The maximum atomic E-state index is 13.2. The SMILES string of the molecule is CCO[C@H]1CCCN(C(=O)c2cn(CCN(C)C)c3ccccc23)C1. The van der Waals surface area contributed by atoms with Crippen LogP contribution in [0.2, 0.25) is 0 Å². The number of benzene rings is 1. The largest absolute Gasteiger partial charge is 0.377 e. The molecule has 5 nitrogen and oxygen atoms in total. The van der Waals surface area contributed by atoms with Crippen LogP contribution in [0.4, 0.5) is 0 Å². The molecular formula is C20H29N3O2. The number of aromatic nitrogens is 1. The van der Waals surface area contributed by atoms with Gasteiger partial charge in [0.1, 0.15) is 0 Å². The molecule has 1 aliphatic heterocycles. The first-order valence-electron chi connectivity index (χ1n) is 9.23. The van der Waals surface area contributed by atoms with E-state index in [1.165, 1.54) is 0 Å². The minimum absolute atomic E-state index is 0.129. The Labute approximate surface area is 150 Å². The van der Waals surface area contributed by atoms with Gasteiger partial charge >= 0.3 is 0 Å². The van der Waals surface area contributed by atoms with Crippen LogP contribution >= 0.6 is 0 Å². The van der Waals surface area contributed by atoms with Crippen LogP contribution < -0.4 is 0 Å². The van der Waals surface area contributed by atoms with E-state index in [1.807, 2.05) is 30.2 Å². The molecule has 1 aliphatic rings. The predicted molar refractivity (Wildman–Crippen MR) is 101 cm³/mol. The van der Waals surface area contributed by atoms with E-state index in [1.54, 1.807) is 0 Å². The number of likely N-dealkylation sites (N-methyl/N-ethyl adjacent to an activating group) is 1. The third-order valence-electron chi connectivity index (χ3n) is 4.87. The Morgan fingerprint density at radius 3 is 2.88 bits per heavy atom. The number of carbonyl (C=O) groups is 1. The first-order valence-corrected chi connectivity index (χ1v) is 9.23. The van der Waals surface area contributed by atoms with E-state index in [0.717, 1.165) is 48.9 Å². The van der Waals surface area contributed by atoms with E-state index in [2.05, 4.69) is 35.7 Å². The van der Waals surface area contributed by atoms with E-state index in [0.29, 0.717) is 13.2 Å². The van der Waals surface area contributed by atoms with Crippen LogP contribution in [0, 0.1) is 0 Å². The second-order valence-electron chi connectivity index (χ2n) is 7.03. The fourth-order valence-electron chi connectivity index (χ4n) is 3.57. The molecule has 3 rings (SSSR count). The van der Waals surface area contributed by atoms with Gasteiger partial charge in [0.25, 0.3) is 5.91 Å². The molecule has 0 unspecified atom stereocenters. The van der Waals surface area contributed by atoms with Gasteiger partial charge in [0.2, 0.25) is 0 Å². The van der Waals surface area contributed by atoms with Crippen LogP contribution in [0.25, 0.3) is 10.9 Å². The lowest BCUT2D eigenvalue weighted by molar-refractivity contribution is 0.00730. The van der Waals surface area contributed by atoms with Gasteiger partial charge in [0.05, 0.1) is 11.7 Å². The number of ether oxygens (including phenoxy) is 1. The Kier molecular flexibility index (Phi) is 5.76. The second kappa shape index (κ2) is 8.02. The van der Waals surface area contributed by atoms with Crippen molar-refractivity contribution < 1.29 is 9.53 Å². The van der Waals surface area contributed by atoms with Crippen molar-refractivity contribution in [2.45, 2.75) is 32.4 Å². The van der Waals surface area contributed by atoms with Crippen molar-refractivity contribution in [2.75, 3.05) is 40.3 Å². The molecule has 2 heterocycles. The van der Waals surface area contributed by atoms with Gasteiger partial charge < -0.3 is 19.1 Å². The average molecular weight is 343 g/mol. The van der Waals surface area contributed by atoms with Crippen LogP contribution in [0.15, 0.2) is 30.5 Å². The van der Waals surface area contributed by atoms with Crippen LogP contribution in [0.1, 0.15) is 30.1 Å². The standard InChI is InChI=1S/C20H29N3O2/c1-4-25-16-8-7-11-23(14-16)20(24)18-15-22(13-12-21(2)3)19-10-6-5-9-17(18)19/h5-6,9-10,15-16H,4,7-8,11-14H2,1-3H3/t16-/m0/s1. The monoisotopic (exact) mass is 343 g/mol. The van der Waals surface area contributed by atoms with Crippen molar-refractivity contribution in [1.82, 2.24) is 14.4 Å². The lowest BCUT2D eigenvalue weighted by atomic mass is 10.1. The summed E-state index contributed by atoms with van der Waals surface area (Å²) in [6.45, 7) is 6.06. The van der Waals surface area contributed by atoms with Crippen LogP contribution in [0.3, 0.4) is 0 Å². The molecule has 25 heavy (non-hydrogen) atoms. The van der Waals surface area contributed by atoms with Crippen LogP contribution in [-0.2, 0) is 11.3 Å². The Balaban J connectivity index is 1.85. The molecule has 5 heteroatoms. The number of piperidine rings is 1. The molecule has 2 aromatic rings. The normalized spacial score (nSPS) is 18.2. The number of rotatable bonds is 6. The highest BCUT2D eigenvalue weighted by atomic mass is 16.5. The van der Waals surface area contributed by atoms with Crippen molar-refractivity contribution in [3.05, 3.63) is 36.0 Å². The Bertz CT molecular complexity index is 721. The van der Waals surface area contributed by atoms with Crippen molar-refractivity contribution in [3.8, 4) is 0 Å². The summed E-state index contributed by atoms with van der Waals surface area (Å²) in [5.74, 6) is 0.129. The highest BCUT2D eigenvalue weighted by molar-refractivity contribution is 6.07. The highest BCUT2D eigenvalue weighted by Gasteiger charge is 2.26. The number of nitrogens with zero attached hydrogens (tertiary/aromatic N) is 3. The molecule has 0 N–H and O–H groups in total. The van der Waals surface area contributed by atoms with E-state index in [-0.39, 0.29) is 12.0 Å². The minimum Gasteiger partial charge on any atom is -0.377 e. The second-order valence-corrected chi connectivity index (χ2v) is 7.03. The smallest absolute Gasteiger partial charge is 0.256 e. The molecule has 1 aromatic heterocycles. The average Bonchev–Trinajstić information content (AvgIpc) is 2.99. The summed E-state index contributed by atoms with van der Waals surface area (Å²) in [5.41, 5.74) is 1.94. The van der Waals surface area contributed by atoms with E-state index < -0.39 is 0 Å². The summed E-state index contributed by atoms with van der Waals surface area (Å²) >= 11 is 0. The summed E-state index contributed by atoms with van der Waals surface area (Å²) < 4.78 is 7.95. The third-order valence-corrected chi connectivity index (χ3v) is 4.87. The van der Waals surface area contributed by atoms with Gasteiger partial charge in [0, 0.05) is 49.9 Å². The molecule has 1 saturated heterocycles. The summed E-state index contributed by atoms with van der Waals surface area (Å²) in [7, 11) is 4.14. The van der Waals surface area contributed by atoms with Crippen LogP contribution in [-0.4, -0.2) is 66.7 Å². The van der Waals surface area contributed by atoms with Gasteiger partial charge in [0.15, 0.2) is 0 Å². The highest BCUT2D eigenvalue weighted by Crippen LogP contribution is 2.24. The van der Waals surface area contributed by atoms with Gasteiger partial charge in [-0.05, 0) is 39.9 Å². The summed E-state index contributed by atoms with van der Waals surface area (Å²) in [4.78, 5) is 17.3. The lowest BCUT2D eigenvalue weighted by Crippen LogP contribution is -2.43.